The molecule has 0 aromatic heterocycles. The van der Waals surface area contributed by atoms with Crippen molar-refractivity contribution in [3.63, 3.8) is 0 Å². The number of ether oxygens (including phenoxy) is 2. The van der Waals surface area contributed by atoms with Crippen LogP contribution in [0.2, 0.25) is 0 Å². The zero-order valence-electron chi connectivity index (χ0n) is 10.2. The average Bonchev–Trinajstić information content (AvgIpc) is 2.88. The third kappa shape index (κ3) is 2.70. The number of para-hydroxylation sites is 1. The normalized spacial score (nSPS) is 18.6. The van der Waals surface area contributed by atoms with Crippen molar-refractivity contribution >= 4 is 11.4 Å². The molecule has 1 aromatic rings. The summed E-state index contributed by atoms with van der Waals surface area (Å²) in [5.41, 5.74) is 0.419. The molecule has 1 aliphatic rings. The van der Waals surface area contributed by atoms with Crippen LogP contribution in [-0.4, -0.2) is 31.3 Å². The van der Waals surface area contributed by atoms with Gasteiger partial charge in [-0.25, -0.2) is 0 Å². The fourth-order valence-corrected chi connectivity index (χ4v) is 2.00. The molecular formula is C12H16N2O4. The first kappa shape index (κ1) is 12.6. The van der Waals surface area contributed by atoms with E-state index in [1.807, 2.05) is 0 Å². The van der Waals surface area contributed by atoms with E-state index in [1.54, 1.807) is 19.2 Å². The molecular weight excluding hydrogens is 236 g/mol. The van der Waals surface area contributed by atoms with Crippen molar-refractivity contribution in [2.45, 2.75) is 18.9 Å². The van der Waals surface area contributed by atoms with E-state index in [0.717, 1.165) is 19.4 Å². The second-order valence-electron chi connectivity index (χ2n) is 4.10. The molecule has 0 amide bonds. The number of rotatable bonds is 5. The van der Waals surface area contributed by atoms with Gasteiger partial charge in [-0.3, -0.25) is 10.1 Å². The molecule has 0 spiro atoms. The molecule has 1 fully saturated rings. The van der Waals surface area contributed by atoms with Gasteiger partial charge in [-0.2, -0.15) is 0 Å². The van der Waals surface area contributed by atoms with E-state index < -0.39 is 4.92 Å². The summed E-state index contributed by atoms with van der Waals surface area (Å²) in [6, 6.07) is 4.78. The third-order valence-corrected chi connectivity index (χ3v) is 2.90. The van der Waals surface area contributed by atoms with Crippen LogP contribution in [0.25, 0.3) is 0 Å². The van der Waals surface area contributed by atoms with Crippen LogP contribution < -0.4 is 10.1 Å². The van der Waals surface area contributed by atoms with Crippen LogP contribution in [0.4, 0.5) is 11.4 Å². The van der Waals surface area contributed by atoms with Gasteiger partial charge in [0.15, 0.2) is 5.69 Å². The Kier molecular flexibility index (Phi) is 3.99. The van der Waals surface area contributed by atoms with Crippen LogP contribution in [0.1, 0.15) is 12.8 Å². The number of nitro groups is 1. The Morgan fingerprint density at radius 3 is 3.06 bits per heavy atom. The fraction of sp³-hybridized carbons (Fsp3) is 0.500. The van der Waals surface area contributed by atoms with Gasteiger partial charge in [0.25, 0.3) is 5.69 Å². The molecule has 6 heteroatoms. The van der Waals surface area contributed by atoms with Crippen molar-refractivity contribution in [1.82, 2.24) is 0 Å². The Bertz CT molecular complexity index is 430. The van der Waals surface area contributed by atoms with E-state index in [1.165, 1.54) is 6.07 Å². The lowest BCUT2D eigenvalue weighted by Crippen LogP contribution is -2.16. The first-order valence-corrected chi connectivity index (χ1v) is 5.92. The minimum Gasteiger partial charge on any atom is -0.488 e. The lowest BCUT2D eigenvalue weighted by atomic mass is 10.2. The van der Waals surface area contributed by atoms with Gasteiger partial charge in [-0.15, -0.1) is 0 Å². The lowest BCUT2D eigenvalue weighted by molar-refractivity contribution is -0.384. The first-order valence-electron chi connectivity index (χ1n) is 5.92. The SMILES string of the molecule is CNc1c(OC[C@@H]2CCCO2)cccc1[N+](=O)[O-]. The number of hydrogen-bond acceptors (Lipinski definition) is 5. The summed E-state index contributed by atoms with van der Waals surface area (Å²) in [6.07, 6.45) is 2.11. The highest BCUT2D eigenvalue weighted by atomic mass is 16.6. The zero-order valence-corrected chi connectivity index (χ0v) is 10.2. The van der Waals surface area contributed by atoms with Crippen LogP contribution in [-0.2, 0) is 4.74 Å². The Labute approximate surface area is 105 Å². The number of nitrogens with one attached hydrogen (secondary N) is 1. The Balaban J connectivity index is 2.11. The topological polar surface area (TPSA) is 73.6 Å². The van der Waals surface area contributed by atoms with Crippen molar-refractivity contribution < 1.29 is 14.4 Å². The average molecular weight is 252 g/mol. The van der Waals surface area contributed by atoms with E-state index in [2.05, 4.69) is 5.32 Å². The maximum atomic E-state index is 10.9. The molecule has 1 aromatic carbocycles. The molecule has 2 rings (SSSR count). The number of hydrogen-bond donors (Lipinski definition) is 1. The quantitative estimate of drug-likeness (QED) is 0.642. The highest BCUT2D eigenvalue weighted by molar-refractivity contribution is 5.69. The second kappa shape index (κ2) is 5.68. The van der Waals surface area contributed by atoms with Crippen LogP contribution in [0, 0.1) is 10.1 Å². The summed E-state index contributed by atoms with van der Waals surface area (Å²) >= 11 is 0. The van der Waals surface area contributed by atoms with Gasteiger partial charge in [0.1, 0.15) is 12.4 Å². The molecule has 0 aliphatic carbocycles. The molecule has 1 N–H and O–H groups in total. The van der Waals surface area contributed by atoms with E-state index in [0.29, 0.717) is 18.0 Å². The number of anilines is 1. The summed E-state index contributed by atoms with van der Waals surface area (Å²) in [5, 5.41) is 13.7. The summed E-state index contributed by atoms with van der Waals surface area (Å²) in [5.74, 6) is 0.488. The molecule has 1 atom stereocenters. The van der Waals surface area contributed by atoms with Crippen LogP contribution in [0.3, 0.4) is 0 Å². The van der Waals surface area contributed by atoms with E-state index >= 15 is 0 Å². The van der Waals surface area contributed by atoms with Crippen LogP contribution in [0.15, 0.2) is 18.2 Å². The van der Waals surface area contributed by atoms with Crippen molar-refractivity contribution in [3.05, 3.63) is 28.3 Å². The number of nitro benzene ring substituents is 1. The molecule has 18 heavy (non-hydrogen) atoms. The largest absolute Gasteiger partial charge is 0.488 e. The Morgan fingerprint density at radius 2 is 2.44 bits per heavy atom. The summed E-state index contributed by atoms with van der Waals surface area (Å²) in [4.78, 5) is 10.5. The molecule has 98 valence electrons. The van der Waals surface area contributed by atoms with E-state index in [-0.39, 0.29) is 11.8 Å². The highest BCUT2D eigenvalue weighted by Gasteiger charge is 2.20. The predicted octanol–water partition coefficient (Wildman–Crippen LogP) is 2.19. The summed E-state index contributed by atoms with van der Waals surface area (Å²) in [7, 11) is 1.64. The van der Waals surface area contributed by atoms with E-state index in [4.69, 9.17) is 9.47 Å². The van der Waals surface area contributed by atoms with E-state index in [9.17, 15) is 10.1 Å². The third-order valence-electron chi connectivity index (χ3n) is 2.90. The smallest absolute Gasteiger partial charge is 0.296 e. The van der Waals surface area contributed by atoms with Gasteiger partial charge < -0.3 is 14.8 Å². The lowest BCUT2D eigenvalue weighted by Gasteiger charge is -2.14. The summed E-state index contributed by atoms with van der Waals surface area (Å²) < 4.78 is 11.1. The van der Waals surface area contributed by atoms with Crippen molar-refractivity contribution in [2.75, 3.05) is 25.6 Å². The van der Waals surface area contributed by atoms with Gasteiger partial charge in [-0.1, -0.05) is 6.07 Å². The standard InChI is InChI=1S/C12H16N2O4/c1-13-12-10(14(15)16)5-2-6-11(12)18-8-9-4-3-7-17-9/h2,5-6,9,13H,3-4,7-8H2,1H3/t9-/m0/s1. The molecule has 1 saturated heterocycles. The Hall–Kier alpha value is -1.82. The number of benzene rings is 1. The maximum absolute atomic E-state index is 10.9. The van der Waals surface area contributed by atoms with Crippen molar-refractivity contribution in [2.24, 2.45) is 0 Å². The van der Waals surface area contributed by atoms with Crippen molar-refractivity contribution in [3.8, 4) is 5.75 Å². The van der Waals surface area contributed by atoms with Gasteiger partial charge >= 0.3 is 0 Å². The molecule has 0 bridgehead atoms. The van der Waals surface area contributed by atoms with Gasteiger partial charge in [0.05, 0.1) is 11.0 Å². The molecule has 1 heterocycles. The van der Waals surface area contributed by atoms with Crippen LogP contribution in [0.5, 0.6) is 5.75 Å². The monoisotopic (exact) mass is 252 g/mol. The fourth-order valence-electron chi connectivity index (χ4n) is 2.00. The predicted molar refractivity (Wildman–Crippen MR) is 67.1 cm³/mol. The molecule has 0 radical (unpaired) electrons. The minimum absolute atomic E-state index is 0.0161. The van der Waals surface area contributed by atoms with Gasteiger partial charge in [-0.05, 0) is 18.9 Å². The Morgan fingerprint density at radius 1 is 1.61 bits per heavy atom. The minimum atomic E-state index is -0.426. The number of nitrogens with zero attached hydrogens (tertiary/aromatic N) is 1. The van der Waals surface area contributed by atoms with Gasteiger partial charge in [0.2, 0.25) is 0 Å². The maximum Gasteiger partial charge on any atom is 0.296 e. The van der Waals surface area contributed by atoms with Gasteiger partial charge in [0, 0.05) is 19.7 Å². The molecule has 0 saturated carbocycles. The molecule has 0 unspecified atom stereocenters. The molecule has 1 aliphatic heterocycles. The highest BCUT2D eigenvalue weighted by Crippen LogP contribution is 2.34. The first-order chi connectivity index (χ1) is 8.72. The van der Waals surface area contributed by atoms with Crippen LogP contribution >= 0.6 is 0 Å². The molecule has 6 nitrogen and oxygen atoms in total. The van der Waals surface area contributed by atoms with Crippen molar-refractivity contribution in [1.29, 1.82) is 0 Å². The second-order valence-corrected chi connectivity index (χ2v) is 4.10. The summed E-state index contributed by atoms with van der Waals surface area (Å²) in [6.45, 7) is 1.19. The zero-order chi connectivity index (χ0) is 13.0.